The van der Waals surface area contributed by atoms with Crippen LogP contribution in [0.2, 0.25) is 0 Å². The van der Waals surface area contributed by atoms with Crippen molar-refractivity contribution in [2.75, 3.05) is 6.61 Å². The lowest BCUT2D eigenvalue weighted by atomic mass is 10.4. The van der Waals surface area contributed by atoms with Crippen LogP contribution in [-0.2, 0) is 9.53 Å². The summed E-state index contributed by atoms with van der Waals surface area (Å²) in [4.78, 5) is 10.9. The van der Waals surface area contributed by atoms with Crippen LogP contribution in [-0.4, -0.2) is 12.6 Å². The lowest BCUT2D eigenvalue weighted by Gasteiger charge is -1.93. The molecule has 0 unspecified atom stereocenters. The Morgan fingerprint density at radius 3 is 3.08 bits per heavy atom. The van der Waals surface area contributed by atoms with Crippen molar-refractivity contribution in [1.82, 2.24) is 0 Å². The van der Waals surface area contributed by atoms with E-state index < -0.39 is 0 Å². The standard InChI is InChI=1S/C9H9BrO3/c1-2-12-9(11)4-3-8-7(10)5-6-13-8/h3-6H,2H2,1H3. The van der Waals surface area contributed by atoms with Crippen LogP contribution in [0.25, 0.3) is 6.08 Å². The van der Waals surface area contributed by atoms with Gasteiger partial charge in [-0.15, -0.1) is 0 Å². The molecule has 1 aromatic heterocycles. The van der Waals surface area contributed by atoms with Crippen LogP contribution in [0.4, 0.5) is 0 Å². The number of rotatable bonds is 3. The maximum absolute atomic E-state index is 10.9. The van der Waals surface area contributed by atoms with Crippen molar-refractivity contribution in [3.8, 4) is 0 Å². The van der Waals surface area contributed by atoms with Gasteiger partial charge in [0.2, 0.25) is 0 Å². The molecule has 1 rings (SSSR count). The van der Waals surface area contributed by atoms with Crippen molar-refractivity contribution in [3.05, 3.63) is 28.6 Å². The topological polar surface area (TPSA) is 39.4 Å². The summed E-state index contributed by atoms with van der Waals surface area (Å²) in [5.41, 5.74) is 0. The largest absolute Gasteiger partial charge is 0.464 e. The minimum Gasteiger partial charge on any atom is -0.464 e. The minimum atomic E-state index is -0.370. The summed E-state index contributed by atoms with van der Waals surface area (Å²) in [5, 5.41) is 0. The van der Waals surface area contributed by atoms with Crippen LogP contribution >= 0.6 is 15.9 Å². The van der Waals surface area contributed by atoms with Gasteiger partial charge in [0, 0.05) is 6.08 Å². The molecule has 3 nitrogen and oxygen atoms in total. The number of ether oxygens (including phenoxy) is 1. The van der Waals surface area contributed by atoms with Crippen molar-refractivity contribution in [2.24, 2.45) is 0 Å². The van der Waals surface area contributed by atoms with E-state index in [1.165, 1.54) is 12.3 Å². The van der Waals surface area contributed by atoms with Crippen molar-refractivity contribution in [3.63, 3.8) is 0 Å². The van der Waals surface area contributed by atoms with E-state index in [0.29, 0.717) is 12.4 Å². The highest BCUT2D eigenvalue weighted by molar-refractivity contribution is 9.10. The Kier molecular flexibility index (Phi) is 3.76. The van der Waals surface area contributed by atoms with Crippen LogP contribution in [0, 0.1) is 0 Å². The van der Waals surface area contributed by atoms with Gasteiger partial charge in [0.1, 0.15) is 5.76 Å². The number of carbonyl (C=O) groups excluding carboxylic acids is 1. The normalized spacial score (nSPS) is 10.6. The number of esters is 1. The van der Waals surface area contributed by atoms with Gasteiger partial charge in [-0.3, -0.25) is 0 Å². The number of carbonyl (C=O) groups is 1. The Morgan fingerprint density at radius 2 is 2.54 bits per heavy atom. The van der Waals surface area contributed by atoms with E-state index in [0.717, 1.165) is 4.47 Å². The highest BCUT2D eigenvalue weighted by atomic mass is 79.9. The summed E-state index contributed by atoms with van der Waals surface area (Å²) in [7, 11) is 0. The molecule has 0 fully saturated rings. The van der Waals surface area contributed by atoms with Crippen LogP contribution < -0.4 is 0 Å². The quantitative estimate of drug-likeness (QED) is 0.607. The molecule has 0 saturated heterocycles. The summed E-state index contributed by atoms with van der Waals surface area (Å²) < 4.78 is 10.6. The average molecular weight is 245 g/mol. The molecule has 0 N–H and O–H groups in total. The summed E-state index contributed by atoms with van der Waals surface area (Å²) in [5.74, 6) is 0.235. The first-order valence-corrected chi connectivity index (χ1v) is 4.61. The van der Waals surface area contributed by atoms with Gasteiger partial charge in [0.15, 0.2) is 0 Å². The van der Waals surface area contributed by atoms with Crippen molar-refractivity contribution in [1.29, 1.82) is 0 Å². The zero-order valence-electron chi connectivity index (χ0n) is 7.12. The van der Waals surface area contributed by atoms with E-state index in [9.17, 15) is 4.79 Å². The van der Waals surface area contributed by atoms with Crippen LogP contribution in [0.3, 0.4) is 0 Å². The van der Waals surface area contributed by atoms with Gasteiger partial charge < -0.3 is 9.15 Å². The van der Waals surface area contributed by atoms with Crippen molar-refractivity contribution in [2.45, 2.75) is 6.92 Å². The molecule has 0 radical (unpaired) electrons. The maximum atomic E-state index is 10.9. The summed E-state index contributed by atoms with van der Waals surface area (Å²) in [6.45, 7) is 2.14. The summed E-state index contributed by atoms with van der Waals surface area (Å²) >= 11 is 3.26. The van der Waals surface area contributed by atoms with E-state index in [1.54, 1.807) is 19.1 Å². The highest BCUT2D eigenvalue weighted by Crippen LogP contribution is 2.18. The predicted octanol–water partition coefficient (Wildman–Crippen LogP) is 2.62. The highest BCUT2D eigenvalue weighted by Gasteiger charge is 1.99. The van der Waals surface area contributed by atoms with Gasteiger partial charge in [-0.1, -0.05) is 0 Å². The van der Waals surface area contributed by atoms with Gasteiger partial charge in [0.25, 0.3) is 0 Å². The van der Waals surface area contributed by atoms with Crippen LogP contribution in [0.5, 0.6) is 0 Å². The van der Waals surface area contributed by atoms with Crippen molar-refractivity contribution >= 4 is 28.0 Å². The van der Waals surface area contributed by atoms with E-state index in [4.69, 9.17) is 9.15 Å². The molecule has 4 heteroatoms. The molecule has 0 amide bonds. The number of hydrogen-bond acceptors (Lipinski definition) is 3. The van der Waals surface area contributed by atoms with E-state index in [-0.39, 0.29) is 5.97 Å². The first kappa shape index (κ1) is 10.1. The molecule has 0 spiro atoms. The molecular weight excluding hydrogens is 236 g/mol. The molecule has 13 heavy (non-hydrogen) atoms. The molecule has 70 valence electrons. The fourth-order valence-electron chi connectivity index (χ4n) is 0.758. The smallest absolute Gasteiger partial charge is 0.330 e. The third-order valence-corrected chi connectivity index (χ3v) is 1.96. The SMILES string of the molecule is CCOC(=O)C=Cc1occc1Br. The Hall–Kier alpha value is -1.03. The second-order valence-corrected chi connectivity index (χ2v) is 3.07. The first-order chi connectivity index (χ1) is 6.24. The average Bonchev–Trinajstić information content (AvgIpc) is 2.48. The molecule has 0 aliphatic rings. The third kappa shape index (κ3) is 3.06. The predicted molar refractivity (Wildman–Crippen MR) is 52.1 cm³/mol. The van der Waals surface area contributed by atoms with Crippen molar-refractivity contribution < 1.29 is 13.9 Å². The Labute approximate surface area is 84.5 Å². The van der Waals surface area contributed by atoms with Crippen LogP contribution in [0.15, 0.2) is 27.3 Å². The van der Waals surface area contributed by atoms with E-state index >= 15 is 0 Å². The first-order valence-electron chi connectivity index (χ1n) is 3.82. The lowest BCUT2D eigenvalue weighted by molar-refractivity contribution is -0.137. The van der Waals surface area contributed by atoms with E-state index in [1.807, 2.05) is 0 Å². The molecule has 0 atom stereocenters. The monoisotopic (exact) mass is 244 g/mol. The number of halogens is 1. The Morgan fingerprint density at radius 1 is 1.77 bits per heavy atom. The maximum Gasteiger partial charge on any atom is 0.330 e. The number of furan rings is 1. The molecule has 1 aromatic rings. The second kappa shape index (κ2) is 4.87. The zero-order valence-corrected chi connectivity index (χ0v) is 8.71. The summed E-state index contributed by atoms with van der Waals surface area (Å²) in [6, 6.07) is 1.75. The molecule has 0 aromatic carbocycles. The van der Waals surface area contributed by atoms with Gasteiger partial charge in [-0.2, -0.15) is 0 Å². The van der Waals surface area contributed by atoms with Gasteiger partial charge in [0.05, 0.1) is 17.3 Å². The second-order valence-electron chi connectivity index (χ2n) is 2.22. The fraction of sp³-hybridized carbons (Fsp3) is 0.222. The Bertz CT molecular complexity index is 314. The van der Waals surface area contributed by atoms with Crippen LogP contribution in [0.1, 0.15) is 12.7 Å². The number of hydrogen-bond donors (Lipinski definition) is 0. The third-order valence-electron chi connectivity index (χ3n) is 1.30. The van der Waals surface area contributed by atoms with Gasteiger partial charge in [-0.25, -0.2) is 4.79 Å². The lowest BCUT2D eigenvalue weighted by Crippen LogP contribution is -1.98. The molecule has 1 heterocycles. The molecule has 0 bridgehead atoms. The molecular formula is C9H9BrO3. The zero-order chi connectivity index (χ0) is 9.68. The molecule has 0 aliphatic carbocycles. The fourth-order valence-corrected chi connectivity index (χ4v) is 1.09. The van der Waals surface area contributed by atoms with E-state index in [2.05, 4.69) is 15.9 Å². The van der Waals surface area contributed by atoms with Gasteiger partial charge in [-0.05, 0) is 35.0 Å². The Balaban J connectivity index is 2.58. The minimum absolute atomic E-state index is 0.370. The van der Waals surface area contributed by atoms with Gasteiger partial charge >= 0.3 is 5.97 Å². The molecule has 0 aliphatic heterocycles. The molecule has 0 saturated carbocycles. The summed E-state index contributed by atoms with van der Waals surface area (Å²) in [6.07, 6.45) is 4.42.